The Hall–Kier alpha value is -1.30. The zero-order valence-electron chi connectivity index (χ0n) is 12.9. The van der Waals surface area contributed by atoms with Crippen molar-refractivity contribution in [3.63, 3.8) is 0 Å². The fourth-order valence-electron chi connectivity index (χ4n) is 2.74. The predicted octanol–water partition coefficient (Wildman–Crippen LogP) is 1.51. The highest BCUT2D eigenvalue weighted by Gasteiger charge is 2.31. The third kappa shape index (κ3) is 4.88. The van der Waals surface area contributed by atoms with Gasteiger partial charge in [-0.05, 0) is 50.6 Å². The van der Waals surface area contributed by atoms with Gasteiger partial charge in [-0.1, -0.05) is 0 Å². The van der Waals surface area contributed by atoms with Gasteiger partial charge in [-0.25, -0.2) is 0 Å². The van der Waals surface area contributed by atoms with Crippen molar-refractivity contribution in [2.75, 3.05) is 39.1 Å². The number of likely N-dealkylation sites (tertiary alicyclic amines) is 1. The van der Waals surface area contributed by atoms with Crippen LogP contribution in [-0.4, -0.2) is 55.1 Å². The molecule has 1 aliphatic heterocycles. The Morgan fingerprint density at radius 1 is 1.38 bits per heavy atom. The lowest BCUT2D eigenvalue weighted by atomic mass is 9.94. The largest absolute Gasteiger partial charge is 0.491 e. The first kappa shape index (κ1) is 16.1. The Morgan fingerprint density at radius 3 is 2.76 bits per heavy atom. The third-order valence-corrected chi connectivity index (χ3v) is 4.02. The summed E-state index contributed by atoms with van der Waals surface area (Å²) in [6, 6.07) is 7.20. The predicted molar refractivity (Wildman–Crippen MR) is 83.4 cm³/mol. The summed E-state index contributed by atoms with van der Waals surface area (Å²) in [5.41, 5.74) is 6.22. The second kappa shape index (κ2) is 7.11. The topological polar surface area (TPSA) is 68.0 Å². The van der Waals surface area contributed by atoms with E-state index in [1.54, 1.807) is 19.2 Å². The van der Waals surface area contributed by atoms with Gasteiger partial charge in [0, 0.05) is 25.9 Å². The second-order valence-electron chi connectivity index (χ2n) is 6.03. The van der Waals surface area contributed by atoms with Crippen molar-refractivity contribution in [1.82, 2.24) is 4.90 Å². The van der Waals surface area contributed by atoms with E-state index in [1.165, 1.54) is 0 Å². The molecule has 1 saturated heterocycles. The summed E-state index contributed by atoms with van der Waals surface area (Å²) in [5, 5.41) is 10.1. The summed E-state index contributed by atoms with van der Waals surface area (Å²) in [6.45, 7) is 4.86. The number of methoxy groups -OCH3 is 1. The summed E-state index contributed by atoms with van der Waals surface area (Å²) >= 11 is 0. The Bertz CT molecular complexity index is 438. The first-order valence-corrected chi connectivity index (χ1v) is 7.45. The van der Waals surface area contributed by atoms with E-state index in [0.717, 1.165) is 31.7 Å². The average molecular weight is 294 g/mol. The number of ether oxygens (including phenoxy) is 2. The molecule has 1 fully saturated rings. The Kier molecular flexibility index (Phi) is 5.45. The molecule has 5 nitrogen and oxygen atoms in total. The molecule has 1 aliphatic rings. The average Bonchev–Trinajstić information content (AvgIpc) is 2.47. The first-order chi connectivity index (χ1) is 10.0. The molecule has 21 heavy (non-hydrogen) atoms. The van der Waals surface area contributed by atoms with Gasteiger partial charge < -0.3 is 20.3 Å². The number of anilines is 1. The summed E-state index contributed by atoms with van der Waals surface area (Å²) in [7, 11) is 1.75. The smallest absolute Gasteiger partial charge is 0.119 e. The number of piperidine rings is 1. The molecule has 0 bridgehead atoms. The molecular formula is C16H26N2O3. The monoisotopic (exact) mass is 294 g/mol. The Balaban J connectivity index is 1.76. The molecule has 0 aromatic heterocycles. The quantitative estimate of drug-likeness (QED) is 0.778. The molecule has 5 heteroatoms. The lowest BCUT2D eigenvalue weighted by Gasteiger charge is -2.40. The maximum absolute atomic E-state index is 10.1. The van der Waals surface area contributed by atoms with Crippen molar-refractivity contribution in [2.45, 2.75) is 31.5 Å². The molecule has 1 aromatic carbocycles. The Morgan fingerprint density at radius 2 is 2.10 bits per heavy atom. The van der Waals surface area contributed by atoms with Crippen LogP contribution in [0, 0.1) is 0 Å². The second-order valence-corrected chi connectivity index (χ2v) is 6.03. The van der Waals surface area contributed by atoms with Crippen LogP contribution in [0.15, 0.2) is 24.3 Å². The fraction of sp³-hybridized carbons (Fsp3) is 0.625. The summed E-state index contributed by atoms with van der Waals surface area (Å²) in [5.74, 6) is 0.726. The van der Waals surface area contributed by atoms with Crippen LogP contribution in [-0.2, 0) is 4.74 Å². The van der Waals surface area contributed by atoms with Gasteiger partial charge in [-0.15, -0.1) is 0 Å². The van der Waals surface area contributed by atoms with E-state index in [4.69, 9.17) is 15.2 Å². The van der Waals surface area contributed by atoms with E-state index < -0.39 is 6.10 Å². The van der Waals surface area contributed by atoms with E-state index in [2.05, 4.69) is 11.8 Å². The van der Waals surface area contributed by atoms with Gasteiger partial charge in [0.1, 0.15) is 18.5 Å². The number of hydrogen-bond acceptors (Lipinski definition) is 5. The van der Waals surface area contributed by atoms with Crippen molar-refractivity contribution in [3.8, 4) is 5.75 Å². The van der Waals surface area contributed by atoms with Crippen molar-refractivity contribution >= 4 is 5.69 Å². The van der Waals surface area contributed by atoms with Gasteiger partial charge in [0.15, 0.2) is 0 Å². The highest BCUT2D eigenvalue weighted by Crippen LogP contribution is 2.23. The van der Waals surface area contributed by atoms with E-state index >= 15 is 0 Å². The van der Waals surface area contributed by atoms with Crippen molar-refractivity contribution in [1.29, 1.82) is 0 Å². The van der Waals surface area contributed by atoms with Crippen LogP contribution in [0.4, 0.5) is 5.69 Å². The molecular weight excluding hydrogens is 268 g/mol. The van der Waals surface area contributed by atoms with Crippen LogP contribution in [0.1, 0.15) is 19.8 Å². The number of nitrogens with two attached hydrogens (primary N) is 1. The number of nitrogens with zero attached hydrogens (tertiary/aromatic N) is 1. The van der Waals surface area contributed by atoms with Crippen LogP contribution in [0.2, 0.25) is 0 Å². The molecule has 0 amide bonds. The molecule has 118 valence electrons. The molecule has 2 rings (SSSR count). The van der Waals surface area contributed by atoms with Gasteiger partial charge in [0.2, 0.25) is 0 Å². The molecule has 0 spiro atoms. The number of aliphatic hydroxyl groups excluding tert-OH is 1. The molecule has 2 unspecified atom stereocenters. The third-order valence-electron chi connectivity index (χ3n) is 4.02. The zero-order chi connectivity index (χ0) is 15.3. The summed E-state index contributed by atoms with van der Waals surface area (Å²) in [4.78, 5) is 2.24. The van der Waals surface area contributed by atoms with E-state index in [-0.39, 0.29) is 12.2 Å². The maximum atomic E-state index is 10.1. The number of benzene rings is 1. The highest BCUT2D eigenvalue weighted by atomic mass is 16.5. The lowest BCUT2D eigenvalue weighted by molar-refractivity contribution is -0.0608. The summed E-state index contributed by atoms with van der Waals surface area (Å²) < 4.78 is 11.1. The SMILES string of the molecule is COC1(C)CCCN(CC(O)COc2ccc(N)cc2)C1. The van der Waals surface area contributed by atoms with Crippen LogP contribution in [0.25, 0.3) is 0 Å². The number of rotatable bonds is 6. The lowest BCUT2D eigenvalue weighted by Crippen LogP contribution is -2.50. The molecule has 1 heterocycles. The number of nitrogen functional groups attached to an aromatic ring is 1. The van der Waals surface area contributed by atoms with Gasteiger partial charge in [0.25, 0.3) is 0 Å². The molecule has 1 aromatic rings. The number of hydrogen-bond donors (Lipinski definition) is 2. The Labute approximate surface area is 126 Å². The van der Waals surface area contributed by atoms with Crippen molar-refractivity contribution < 1.29 is 14.6 Å². The maximum Gasteiger partial charge on any atom is 0.119 e. The highest BCUT2D eigenvalue weighted by molar-refractivity contribution is 5.41. The molecule has 0 radical (unpaired) electrons. The van der Waals surface area contributed by atoms with E-state index in [1.807, 2.05) is 12.1 Å². The molecule has 0 saturated carbocycles. The van der Waals surface area contributed by atoms with Crippen LogP contribution in [0.3, 0.4) is 0 Å². The van der Waals surface area contributed by atoms with E-state index in [9.17, 15) is 5.11 Å². The van der Waals surface area contributed by atoms with Gasteiger partial charge in [-0.2, -0.15) is 0 Å². The molecule has 0 aliphatic carbocycles. The fourth-order valence-corrected chi connectivity index (χ4v) is 2.74. The van der Waals surface area contributed by atoms with Gasteiger partial charge >= 0.3 is 0 Å². The summed E-state index contributed by atoms with van der Waals surface area (Å²) in [6.07, 6.45) is 1.65. The van der Waals surface area contributed by atoms with E-state index in [0.29, 0.717) is 12.2 Å². The zero-order valence-corrected chi connectivity index (χ0v) is 12.9. The van der Waals surface area contributed by atoms with Crippen LogP contribution < -0.4 is 10.5 Å². The van der Waals surface area contributed by atoms with Crippen molar-refractivity contribution in [3.05, 3.63) is 24.3 Å². The standard InChI is InChI=1S/C16H26N2O3/c1-16(20-2)8-3-9-18(12-16)10-14(19)11-21-15-6-4-13(17)5-7-15/h4-7,14,19H,3,8-12,17H2,1-2H3. The minimum Gasteiger partial charge on any atom is -0.491 e. The number of β-amino-alcohol motifs (C(OH)–C–C–N with tert-alkyl or cyclic N) is 1. The minimum absolute atomic E-state index is 0.101. The molecule has 2 atom stereocenters. The molecule has 3 N–H and O–H groups in total. The van der Waals surface area contributed by atoms with Gasteiger partial charge in [0.05, 0.1) is 5.60 Å². The van der Waals surface area contributed by atoms with Gasteiger partial charge in [-0.3, -0.25) is 4.90 Å². The van der Waals surface area contributed by atoms with Crippen LogP contribution in [0.5, 0.6) is 5.75 Å². The van der Waals surface area contributed by atoms with Crippen LogP contribution >= 0.6 is 0 Å². The number of aliphatic hydroxyl groups is 1. The van der Waals surface area contributed by atoms with Crippen molar-refractivity contribution in [2.24, 2.45) is 0 Å². The first-order valence-electron chi connectivity index (χ1n) is 7.45. The normalized spacial score (nSPS) is 24.7. The minimum atomic E-state index is -0.512.